The molecule has 0 unspecified atom stereocenters. The lowest BCUT2D eigenvalue weighted by Crippen LogP contribution is -2.54. The van der Waals surface area contributed by atoms with Gasteiger partial charge in [0.1, 0.15) is 11.1 Å². The summed E-state index contributed by atoms with van der Waals surface area (Å²) in [4.78, 5) is 15.8. The lowest BCUT2D eigenvalue weighted by atomic mass is 9.81. The van der Waals surface area contributed by atoms with E-state index >= 15 is 0 Å². The van der Waals surface area contributed by atoms with Gasteiger partial charge in [-0.05, 0) is 64.3 Å². The molecule has 6 heteroatoms. The predicted octanol–water partition coefficient (Wildman–Crippen LogP) is 4.41. The number of likely N-dealkylation sites (N-methyl/N-ethyl adjacent to an activating group) is 1. The number of anilines is 1. The van der Waals surface area contributed by atoms with Crippen molar-refractivity contribution in [1.29, 1.82) is 5.26 Å². The van der Waals surface area contributed by atoms with Crippen LogP contribution in [0.2, 0.25) is 0 Å². The SMILES string of the molecule is CCc1ccc(CN(C)CC(=O)Nc2sc3c(c2C#N)CC(C)(C)NC3(C)C)cc1. The maximum atomic E-state index is 12.7. The molecule has 0 fully saturated rings. The normalized spacial score (nSPS) is 16.7. The first-order chi connectivity index (χ1) is 14.0. The van der Waals surface area contributed by atoms with E-state index < -0.39 is 0 Å². The fraction of sp³-hybridized carbons (Fsp3) is 0.500. The summed E-state index contributed by atoms with van der Waals surface area (Å²) >= 11 is 1.52. The van der Waals surface area contributed by atoms with Gasteiger partial charge in [-0.25, -0.2) is 0 Å². The molecule has 0 saturated carbocycles. The molecule has 30 heavy (non-hydrogen) atoms. The highest BCUT2D eigenvalue weighted by Crippen LogP contribution is 2.44. The highest BCUT2D eigenvalue weighted by molar-refractivity contribution is 7.17. The molecule has 160 valence electrons. The zero-order valence-electron chi connectivity index (χ0n) is 18.8. The molecule has 0 spiro atoms. The number of hydrogen-bond donors (Lipinski definition) is 2. The number of nitriles is 1. The number of amides is 1. The van der Waals surface area contributed by atoms with E-state index in [1.165, 1.54) is 22.5 Å². The summed E-state index contributed by atoms with van der Waals surface area (Å²) in [5, 5.41) is 17.1. The number of fused-ring (bicyclic) bond motifs is 1. The molecule has 2 aromatic rings. The number of nitrogens with one attached hydrogen (secondary N) is 2. The predicted molar refractivity (Wildman–Crippen MR) is 124 cm³/mol. The van der Waals surface area contributed by atoms with Crippen molar-refractivity contribution >= 4 is 22.2 Å². The van der Waals surface area contributed by atoms with Crippen LogP contribution in [-0.2, 0) is 29.7 Å². The largest absolute Gasteiger partial charge is 0.315 e. The molecule has 1 amide bonds. The maximum Gasteiger partial charge on any atom is 0.239 e. The minimum Gasteiger partial charge on any atom is -0.315 e. The Morgan fingerprint density at radius 2 is 1.87 bits per heavy atom. The van der Waals surface area contributed by atoms with E-state index in [0.717, 1.165) is 23.3 Å². The molecule has 0 atom stereocenters. The average Bonchev–Trinajstić information content (AvgIpc) is 2.98. The smallest absolute Gasteiger partial charge is 0.239 e. The molecule has 0 bridgehead atoms. The number of rotatable bonds is 6. The van der Waals surface area contributed by atoms with E-state index in [1.54, 1.807) is 0 Å². The summed E-state index contributed by atoms with van der Waals surface area (Å²) < 4.78 is 0. The van der Waals surface area contributed by atoms with Crippen molar-refractivity contribution in [2.24, 2.45) is 0 Å². The maximum absolute atomic E-state index is 12.7. The Hall–Kier alpha value is -2.20. The molecule has 1 aliphatic heterocycles. The molecule has 0 saturated heterocycles. The second-order valence-corrected chi connectivity index (χ2v) is 10.4. The van der Waals surface area contributed by atoms with Gasteiger partial charge in [-0.2, -0.15) is 5.26 Å². The van der Waals surface area contributed by atoms with Crippen molar-refractivity contribution < 1.29 is 4.79 Å². The fourth-order valence-corrected chi connectivity index (χ4v) is 5.64. The van der Waals surface area contributed by atoms with Crippen LogP contribution in [0, 0.1) is 11.3 Å². The first-order valence-electron chi connectivity index (χ1n) is 10.5. The van der Waals surface area contributed by atoms with Crippen molar-refractivity contribution in [2.45, 2.75) is 65.1 Å². The first-order valence-corrected chi connectivity index (χ1v) is 11.3. The second kappa shape index (κ2) is 8.50. The van der Waals surface area contributed by atoms with Crippen molar-refractivity contribution in [3.8, 4) is 6.07 Å². The summed E-state index contributed by atoms with van der Waals surface area (Å²) in [5.41, 5.74) is 3.84. The standard InChI is InChI=1S/C24H32N4OS/c1-7-16-8-10-17(11-9-16)14-28(6)15-20(29)26-22-19(13-25)18-12-23(2,3)27-24(4,5)21(18)30-22/h8-11,27H,7,12,14-15H2,1-6H3,(H,26,29). The molecule has 2 heterocycles. The van der Waals surface area contributed by atoms with Gasteiger partial charge in [-0.1, -0.05) is 31.2 Å². The van der Waals surface area contributed by atoms with E-state index in [1.807, 2.05) is 11.9 Å². The van der Waals surface area contributed by atoms with E-state index in [0.29, 0.717) is 17.1 Å². The molecule has 1 aromatic heterocycles. The van der Waals surface area contributed by atoms with Gasteiger partial charge >= 0.3 is 0 Å². The van der Waals surface area contributed by atoms with Crippen LogP contribution in [0.25, 0.3) is 0 Å². The minimum atomic E-state index is -0.238. The van der Waals surface area contributed by atoms with E-state index in [9.17, 15) is 10.1 Å². The van der Waals surface area contributed by atoms with E-state index in [-0.39, 0.29) is 23.5 Å². The summed E-state index contributed by atoms with van der Waals surface area (Å²) in [7, 11) is 1.94. The zero-order chi connectivity index (χ0) is 22.1. The van der Waals surface area contributed by atoms with Crippen LogP contribution in [-0.4, -0.2) is 29.9 Å². The van der Waals surface area contributed by atoms with E-state index in [2.05, 4.69) is 75.6 Å². The molecule has 2 N–H and O–H groups in total. The van der Waals surface area contributed by atoms with Crippen LogP contribution < -0.4 is 10.6 Å². The Morgan fingerprint density at radius 1 is 1.23 bits per heavy atom. The topological polar surface area (TPSA) is 68.2 Å². The van der Waals surface area contributed by atoms with Crippen LogP contribution >= 0.6 is 11.3 Å². The van der Waals surface area contributed by atoms with Gasteiger partial charge in [0.2, 0.25) is 5.91 Å². The number of carbonyl (C=O) groups excluding carboxylic acids is 1. The van der Waals surface area contributed by atoms with Gasteiger partial charge in [0.25, 0.3) is 0 Å². The number of aryl methyl sites for hydroxylation is 1. The Labute approximate surface area is 184 Å². The lowest BCUT2D eigenvalue weighted by Gasteiger charge is -2.42. The van der Waals surface area contributed by atoms with Crippen LogP contribution in [0.1, 0.15) is 61.7 Å². The lowest BCUT2D eigenvalue weighted by molar-refractivity contribution is -0.117. The summed E-state index contributed by atoms with van der Waals surface area (Å²) in [6.45, 7) is 11.7. The number of thiophene rings is 1. The van der Waals surface area contributed by atoms with Gasteiger partial charge < -0.3 is 10.6 Å². The number of carbonyl (C=O) groups is 1. The Kier molecular flexibility index (Phi) is 6.37. The summed E-state index contributed by atoms with van der Waals surface area (Å²) in [5.74, 6) is -0.0946. The van der Waals surface area contributed by atoms with Crippen LogP contribution in [0.5, 0.6) is 0 Å². The fourth-order valence-electron chi connectivity index (χ4n) is 4.39. The molecule has 5 nitrogen and oxygen atoms in total. The summed E-state index contributed by atoms with van der Waals surface area (Å²) in [6.07, 6.45) is 1.79. The molecule has 1 aromatic carbocycles. The van der Waals surface area contributed by atoms with Crippen LogP contribution in [0.3, 0.4) is 0 Å². The van der Waals surface area contributed by atoms with Gasteiger partial charge in [-0.15, -0.1) is 11.3 Å². The number of hydrogen-bond acceptors (Lipinski definition) is 5. The Balaban J connectivity index is 1.71. The monoisotopic (exact) mass is 424 g/mol. The summed E-state index contributed by atoms with van der Waals surface area (Å²) in [6, 6.07) is 10.8. The molecule has 0 aliphatic carbocycles. The molecule has 1 aliphatic rings. The molecular weight excluding hydrogens is 392 g/mol. The highest BCUT2D eigenvalue weighted by atomic mass is 32.1. The van der Waals surface area contributed by atoms with Crippen molar-refractivity contribution in [2.75, 3.05) is 18.9 Å². The number of benzene rings is 1. The zero-order valence-corrected chi connectivity index (χ0v) is 19.7. The molecule has 3 rings (SSSR count). The third-order valence-electron chi connectivity index (χ3n) is 5.51. The first kappa shape index (κ1) is 22.5. The quantitative estimate of drug-likeness (QED) is 0.721. The minimum absolute atomic E-state index is 0.0946. The third-order valence-corrected chi connectivity index (χ3v) is 6.98. The molecule has 0 radical (unpaired) electrons. The van der Waals surface area contributed by atoms with Gasteiger partial charge in [0.05, 0.1) is 12.1 Å². The third kappa shape index (κ3) is 4.92. The van der Waals surface area contributed by atoms with Crippen molar-refractivity contribution in [1.82, 2.24) is 10.2 Å². The van der Waals surface area contributed by atoms with Crippen LogP contribution in [0.15, 0.2) is 24.3 Å². The van der Waals surface area contributed by atoms with E-state index in [4.69, 9.17) is 0 Å². The molecular formula is C24H32N4OS. The average molecular weight is 425 g/mol. The van der Waals surface area contributed by atoms with Crippen molar-refractivity contribution in [3.63, 3.8) is 0 Å². The highest BCUT2D eigenvalue weighted by Gasteiger charge is 2.40. The van der Waals surface area contributed by atoms with Crippen LogP contribution in [0.4, 0.5) is 5.00 Å². The Bertz CT molecular complexity index is 966. The number of nitrogens with zero attached hydrogens (tertiary/aromatic N) is 2. The second-order valence-electron chi connectivity index (χ2n) is 9.43. The van der Waals surface area contributed by atoms with Gasteiger partial charge in [-0.3, -0.25) is 9.69 Å². The Morgan fingerprint density at radius 3 is 2.47 bits per heavy atom. The van der Waals surface area contributed by atoms with Crippen molar-refractivity contribution in [3.05, 3.63) is 51.4 Å². The van der Waals surface area contributed by atoms with Gasteiger partial charge in [0, 0.05) is 22.5 Å². The van der Waals surface area contributed by atoms with Gasteiger partial charge in [0.15, 0.2) is 0 Å².